The third-order valence-corrected chi connectivity index (χ3v) is 3.60. The van der Waals surface area contributed by atoms with Crippen molar-refractivity contribution in [1.29, 1.82) is 0 Å². The predicted molar refractivity (Wildman–Crippen MR) is 73.6 cm³/mol. The fraction of sp³-hybridized carbons (Fsp3) is 0.467. The number of carbonyl (C=O) groups is 2. The number of aliphatic carboxylic acids is 1. The topological polar surface area (TPSA) is 75.6 Å². The van der Waals surface area contributed by atoms with Crippen molar-refractivity contribution in [2.75, 3.05) is 6.61 Å². The largest absolute Gasteiger partial charge is 0.484 e. The molecule has 1 unspecified atom stereocenters. The number of rotatable bonds is 6. The molecular formula is C15H19NO4. The van der Waals surface area contributed by atoms with Crippen molar-refractivity contribution in [2.24, 2.45) is 5.92 Å². The van der Waals surface area contributed by atoms with E-state index in [0.29, 0.717) is 5.75 Å². The summed E-state index contributed by atoms with van der Waals surface area (Å²) < 4.78 is 5.37. The van der Waals surface area contributed by atoms with E-state index in [-0.39, 0.29) is 12.5 Å². The van der Waals surface area contributed by atoms with Crippen LogP contribution in [0.1, 0.15) is 25.3 Å². The highest BCUT2D eigenvalue weighted by molar-refractivity contribution is 5.88. The minimum absolute atomic E-state index is 0.0166. The third-order valence-electron chi connectivity index (χ3n) is 3.60. The summed E-state index contributed by atoms with van der Waals surface area (Å²) in [5, 5.41) is 11.8. The van der Waals surface area contributed by atoms with Gasteiger partial charge in [-0.3, -0.25) is 4.79 Å². The number of amides is 1. The van der Waals surface area contributed by atoms with Crippen molar-refractivity contribution in [3.05, 3.63) is 29.8 Å². The monoisotopic (exact) mass is 277 g/mol. The first-order valence-electron chi connectivity index (χ1n) is 6.65. The lowest BCUT2D eigenvalue weighted by Gasteiger charge is -2.26. The lowest BCUT2D eigenvalue weighted by molar-refractivity contribution is -0.148. The van der Waals surface area contributed by atoms with Crippen molar-refractivity contribution < 1.29 is 19.4 Å². The summed E-state index contributed by atoms with van der Waals surface area (Å²) in [6, 6.07) is 7.36. The molecule has 1 aromatic carbocycles. The molecule has 0 aromatic heterocycles. The van der Waals surface area contributed by atoms with Gasteiger partial charge in [0.05, 0.1) is 0 Å². The molecule has 1 saturated carbocycles. The number of carboxylic acid groups (broad SMARTS) is 1. The number of ether oxygens (including phenoxy) is 1. The molecule has 1 fully saturated rings. The van der Waals surface area contributed by atoms with Gasteiger partial charge in [0.15, 0.2) is 6.61 Å². The normalized spacial score (nSPS) is 17.1. The SMILES string of the molecule is Cc1cccc(OCC(=O)NC(C)(C(=O)O)C2CC2)c1. The van der Waals surface area contributed by atoms with Gasteiger partial charge in [0.2, 0.25) is 0 Å². The van der Waals surface area contributed by atoms with Gasteiger partial charge in [0.1, 0.15) is 11.3 Å². The fourth-order valence-electron chi connectivity index (χ4n) is 2.17. The Morgan fingerprint density at radius 2 is 2.15 bits per heavy atom. The molecule has 0 aliphatic heterocycles. The maximum atomic E-state index is 11.9. The Hall–Kier alpha value is -2.04. The number of aryl methyl sites for hydroxylation is 1. The van der Waals surface area contributed by atoms with Gasteiger partial charge in [-0.1, -0.05) is 12.1 Å². The predicted octanol–water partition coefficient (Wildman–Crippen LogP) is 1.74. The van der Waals surface area contributed by atoms with Crippen molar-refractivity contribution >= 4 is 11.9 Å². The maximum Gasteiger partial charge on any atom is 0.329 e. The number of nitrogens with one attached hydrogen (secondary N) is 1. The van der Waals surface area contributed by atoms with E-state index in [1.54, 1.807) is 13.0 Å². The van der Waals surface area contributed by atoms with Crippen LogP contribution in [0, 0.1) is 12.8 Å². The number of hydrogen-bond acceptors (Lipinski definition) is 3. The van der Waals surface area contributed by atoms with Gasteiger partial charge in [0, 0.05) is 0 Å². The molecule has 0 bridgehead atoms. The molecule has 2 rings (SSSR count). The summed E-state index contributed by atoms with van der Waals surface area (Å²) in [6.07, 6.45) is 1.67. The van der Waals surface area contributed by atoms with E-state index in [1.807, 2.05) is 25.1 Å². The number of carboxylic acids is 1. The number of benzene rings is 1. The van der Waals surface area contributed by atoms with E-state index in [9.17, 15) is 14.7 Å². The van der Waals surface area contributed by atoms with Gasteiger partial charge in [-0.05, 0) is 50.3 Å². The highest BCUT2D eigenvalue weighted by Crippen LogP contribution is 2.39. The van der Waals surface area contributed by atoms with Crippen LogP contribution in [-0.2, 0) is 9.59 Å². The molecule has 20 heavy (non-hydrogen) atoms. The summed E-state index contributed by atoms with van der Waals surface area (Å²) in [4.78, 5) is 23.2. The third kappa shape index (κ3) is 3.29. The molecule has 0 radical (unpaired) electrons. The zero-order chi connectivity index (χ0) is 14.8. The molecule has 1 aliphatic carbocycles. The van der Waals surface area contributed by atoms with Crippen LogP contribution in [0.15, 0.2) is 24.3 Å². The Bertz CT molecular complexity index is 524. The summed E-state index contributed by atoms with van der Waals surface area (Å²) in [6.45, 7) is 3.30. The van der Waals surface area contributed by atoms with Crippen LogP contribution in [0.2, 0.25) is 0 Å². The van der Waals surface area contributed by atoms with Crippen LogP contribution < -0.4 is 10.1 Å². The molecule has 1 amide bonds. The minimum Gasteiger partial charge on any atom is -0.484 e. The zero-order valence-corrected chi connectivity index (χ0v) is 11.7. The molecule has 1 aliphatic rings. The van der Waals surface area contributed by atoms with E-state index >= 15 is 0 Å². The van der Waals surface area contributed by atoms with E-state index in [2.05, 4.69) is 5.32 Å². The van der Waals surface area contributed by atoms with Crippen molar-refractivity contribution in [3.63, 3.8) is 0 Å². The first-order valence-corrected chi connectivity index (χ1v) is 6.65. The Morgan fingerprint density at radius 3 is 2.70 bits per heavy atom. The average Bonchev–Trinajstić information content (AvgIpc) is 3.20. The lowest BCUT2D eigenvalue weighted by atomic mass is 9.96. The van der Waals surface area contributed by atoms with Gasteiger partial charge in [-0.15, -0.1) is 0 Å². The molecule has 108 valence electrons. The van der Waals surface area contributed by atoms with Crippen LogP contribution in [0.5, 0.6) is 5.75 Å². The van der Waals surface area contributed by atoms with Gasteiger partial charge < -0.3 is 15.2 Å². The zero-order valence-electron chi connectivity index (χ0n) is 11.7. The minimum atomic E-state index is -1.19. The highest BCUT2D eigenvalue weighted by Gasteiger charge is 2.48. The fourth-order valence-corrected chi connectivity index (χ4v) is 2.17. The molecule has 0 saturated heterocycles. The maximum absolute atomic E-state index is 11.9. The Balaban J connectivity index is 1.90. The lowest BCUT2D eigenvalue weighted by Crippen LogP contribution is -2.55. The molecule has 5 heteroatoms. The van der Waals surface area contributed by atoms with Crippen molar-refractivity contribution in [3.8, 4) is 5.75 Å². The van der Waals surface area contributed by atoms with E-state index in [4.69, 9.17) is 4.74 Å². The molecule has 0 heterocycles. The second kappa shape index (κ2) is 5.53. The second-order valence-electron chi connectivity index (χ2n) is 5.44. The van der Waals surface area contributed by atoms with Crippen LogP contribution in [0.25, 0.3) is 0 Å². The second-order valence-corrected chi connectivity index (χ2v) is 5.44. The van der Waals surface area contributed by atoms with Crippen LogP contribution in [0.3, 0.4) is 0 Å². The Morgan fingerprint density at radius 1 is 1.45 bits per heavy atom. The van der Waals surface area contributed by atoms with E-state index in [0.717, 1.165) is 18.4 Å². The van der Waals surface area contributed by atoms with Crippen LogP contribution in [-0.4, -0.2) is 29.1 Å². The number of carbonyl (C=O) groups excluding carboxylic acids is 1. The van der Waals surface area contributed by atoms with Gasteiger partial charge in [-0.25, -0.2) is 4.79 Å². The summed E-state index contributed by atoms with van der Waals surface area (Å²) in [5.74, 6) is -0.793. The van der Waals surface area contributed by atoms with Gasteiger partial charge in [-0.2, -0.15) is 0 Å². The van der Waals surface area contributed by atoms with Gasteiger partial charge >= 0.3 is 5.97 Å². The molecular weight excluding hydrogens is 258 g/mol. The van der Waals surface area contributed by atoms with E-state index in [1.165, 1.54) is 0 Å². The molecule has 1 atom stereocenters. The average molecular weight is 277 g/mol. The first-order chi connectivity index (χ1) is 9.41. The number of hydrogen-bond donors (Lipinski definition) is 2. The Kier molecular flexibility index (Phi) is 3.97. The standard InChI is InChI=1S/C15H19NO4/c1-10-4-3-5-12(8-10)20-9-13(17)16-15(2,14(18)19)11-6-7-11/h3-5,8,11H,6-7,9H2,1-2H3,(H,16,17)(H,18,19). The van der Waals surface area contributed by atoms with Crippen LogP contribution in [0.4, 0.5) is 0 Å². The van der Waals surface area contributed by atoms with E-state index < -0.39 is 17.4 Å². The first kappa shape index (κ1) is 14.4. The van der Waals surface area contributed by atoms with Gasteiger partial charge in [0.25, 0.3) is 5.91 Å². The molecule has 2 N–H and O–H groups in total. The van der Waals surface area contributed by atoms with Crippen molar-refractivity contribution in [1.82, 2.24) is 5.32 Å². The Labute approximate surface area is 117 Å². The summed E-state index contributed by atoms with van der Waals surface area (Å²) in [5.41, 5.74) is -0.149. The summed E-state index contributed by atoms with van der Waals surface area (Å²) in [7, 11) is 0. The molecule has 1 aromatic rings. The molecule has 0 spiro atoms. The van der Waals surface area contributed by atoms with Crippen LogP contribution >= 0.6 is 0 Å². The smallest absolute Gasteiger partial charge is 0.329 e. The van der Waals surface area contributed by atoms with Crippen molar-refractivity contribution in [2.45, 2.75) is 32.2 Å². The quantitative estimate of drug-likeness (QED) is 0.830. The summed E-state index contributed by atoms with van der Waals surface area (Å²) >= 11 is 0. The highest BCUT2D eigenvalue weighted by atomic mass is 16.5. The molecule has 5 nitrogen and oxygen atoms in total.